The second-order valence-electron chi connectivity index (χ2n) is 8.38. The first-order valence-electron chi connectivity index (χ1n) is 11.1. The number of fused-ring (bicyclic) bond motifs is 3. The number of nitrogens with zero attached hydrogens (tertiary/aromatic N) is 1. The molecule has 35 heavy (non-hydrogen) atoms. The van der Waals surface area contributed by atoms with Gasteiger partial charge in [0.25, 0.3) is 0 Å². The largest absolute Gasteiger partial charge is 0.479 e. The quantitative estimate of drug-likeness (QED) is 0.351. The van der Waals surface area contributed by atoms with E-state index in [-0.39, 0.29) is 0 Å². The summed E-state index contributed by atoms with van der Waals surface area (Å²) in [6.45, 7) is 1.52. The van der Waals surface area contributed by atoms with E-state index in [9.17, 15) is 18.7 Å². The van der Waals surface area contributed by atoms with Crippen molar-refractivity contribution in [2.75, 3.05) is 0 Å². The van der Waals surface area contributed by atoms with Crippen LogP contribution in [0.15, 0.2) is 66.7 Å². The van der Waals surface area contributed by atoms with Gasteiger partial charge in [0.2, 0.25) is 0 Å². The van der Waals surface area contributed by atoms with Gasteiger partial charge in [0.15, 0.2) is 17.7 Å². The lowest BCUT2D eigenvalue weighted by Gasteiger charge is -2.23. The van der Waals surface area contributed by atoms with Crippen LogP contribution < -0.4 is 0 Å². The number of carbonyl (C=O) groups is 1. The number of aliphatic carboxylic acids is 1. The van der Waals surface area contributed by atoms with Crippen molar-refractivity contribution >= 4 is 41.2 Å². The number of ether oxygens (including phenoxy) is 1. The monoisotopic (exact) mass is 469 g/mol. The van der Waals surface area contributed by atoms with Crippen molar-refractivity contribution < 1.29 is 23.4 Å². The molecule has 2 atom stereocenters. The molecule has 6 heteroatoms. The van der Waals surface area contributed by atoms with E-state index >= 15 is 0 Å². The lowest BCUT2D eigenvalue weighted by Crippen LogP contribution is -2.23. The summed E-state index contributed by atoms with van der Waals surface area (Å²) in [6, 6.07) is 19.3. The summed E-state index contributed by atoms with van der Waals surface area (Å²) < 4.78 is 33.1. The lowest BCUT2D eigenvalue weighted by molar-refractivity contribution is -0.151. The fraction of sp³-hybridized carbons (Fsp3) is 0.103. The van der Waals surface area contributed by atoms with E-state index in [1.807, 2.05) is 60.7 Å². The Bertz CT molecular complexity index is 1510. The van der Waals surface area contributed by atoms with Gasteiger partial charge in [-0.2, -0.15) is 0 Å². The third kappa shape index (κ3) is 4.61. The third-order valence-corrected chi connectivity index (χ3v) is 6.00. The molecule has 0 saturated heterocycles. The molecular formula is C29H21F2NO3. The average Bonchev–Trinajstić information content (AvgIpc) is 3.00. The molecule has 0 amide bonds. The number of carboxylic acid groups (broad SMARTS) is 1. The van der Waals surface area contributed by atoms with Crippen molar-refractivity contribution in [3.63, 3.8) is 0 Å². The van der Waals surface area contributed by atoms with Crippen LogP contribution in [-0.2, 0) is 9.53 Å². The second kappa shape index (κ2) is 9.24. The molecule has 0 spiro atoms. The Balaban J connectivity index is 1.52. The summed E-state index contributed by atoms with van der Waals surface area (Å²) in [6.07, 6.45) is 6.09. The summed E-state index contributed by atoms with van der Waals surface area (Å²) in [5.74, 6) is -2.87. The van der Waals surface area contributed by atoms with Gasteiger partial charge >= 0.3 is 5.97 Å². The number of carboxylic acids is 1. The van der Waals surface area contributed by atoms with Crippen molar-refractivity contribution in [3.8, 4) is 0 Å². The fourth-order valence-corrected chi connectivity index (χ4v) is 4.14. The first-order chi connectivity index (χ1) is 16.9. The molecule has 0 fully saturated rings. The highest BCUT2D eigenvalue weighted by atomic mass is 19.2. The maximum Gasteiger partial charge on any atom is 0.332 e. The van der Waals surface area contributed by atoms with E-state index in [1.54, 1.807) is 18.2 Å². The number of hydrogen-bond acceptors (Lipinski definition) is 3. The first-order valence-corrected chi connectivity index (χ1v) is 11.1. The number of pyridine rings is 1. The molecule has 1 aliphatic carbocycles. The van der Waals surface area contributed by atoms with Gasteiger partial charge in [-0.15, -0.1) is 0 Å². The average molecular weight is 469 g/mol. The van der Waals surface area contributed by atoms with Crippen LogP contribution in [0.25, 0.3) is 35.2 Å². The Morgan fingerprint density at radius 2 is 1.69 bits per heavy atom. The summed E-state index contributed by atoms with van der Waals surface area (Å²) in [4.78, 5) is 15.9. The molecule has 0 radical (unpaired) electrons. The Kier molecular flexibility index (Phi) is 5.97. The molecule has 4 aromatic rings. The van der Waals surface area contributed by atoms with E-state index in [0.717, 1.165) is 39.9 Å². The molecular weight excluding hydrogens is 448 g/mol. The van der Waals surface area contributed by atoms with E-state index in [2.05, 4.69) is 4.98 Å². The molecule has 1 aliphatic rings. The topological polar surface area (TPSA) is 59.4 Å². The van der Waals surface area contributed by atoms with Crippen LogP contribution in [0, 0.1) is 11.6 Å². The van der Waals surface area contributed by atoms with Crippen LogP contribution in [0.3, 0.4) is 0 Å². The second-order valence-corrected chi connectivity index (χ2v) is 8.38. The molecule has 1 N–H and O–H groups in total. The smallest absolute Gasteiger partial charge is 0.332 e. The predicted molar refractivity (Wildman–Crippen MR) is 132 cm³/mol. The highest BCUT2D eigenvalue weighted by Gasteiger charge is 2.26. The number of rotatable bonds is 5. The number of benzene rings is 3. The summed E-state index contributed by atoms with van der Waals surface area (Å²) in [5.41, 5.74) is 5.46. The van der Waals surface area contributed by atoms with E-state index in [1.165, 1.54) is 6.92 Å². The summed E-state index contributed by atoms with van der Waals surface area (Å²) in [7, 11) is 0. The Hall–Kier alpha value is -4.16. The van der Waals surface area contributed by atoms with E-state index < -0.39 is 29.8 Å². The van der Waals surface area contributed by atoms with E-state index in [4.69, 9.17) is 4.74 Å². The van der Waals surface area contributed by atoms with Crippen molar-refractivity contribution in [2.45, 2.75) is 19.1 Å². The van der Waals surface area contributed by atoms with Crippen LogP contribution in [-0.4, -0.2) is 22.2 Å². The molecule has 0 bridgehead atoms. The van der Waals surface area contributed by atoms with Gasteiger partial charge in [-0.25, -0.2) is 18.6 Å². The molecule has 4 nitrogen and oxygen atoms in total. The maximum absolute atomic E-state index is 13.6. The number of hydrogen-bond donors (Lipinski definition) is 1. The van der Waals surface area contributed by atoms with Crippen LogP contribution in [0.5, 0.6) is 0 Å². The van der Waals surface area contributed by atoms with Gasteiger partial charge in [0, 0.05) is 11.5 Å². The van der Waals surface area contributed by atoms with Gasteiger partial charge in [-0.3, -0.25) is 0 Å². The molecule has 0 aliphatic heterocycles. The lowest BCUT2D eigenvalue weighted by atomic mass is 9.94. The Morgan fingerprint density at radius 1 is 0.943 bits per heavy atom. The zero-order valence-corrected chi connectivity index (χ0v) is 18.8. The minimum absolute atomic E-state index is 0.367. The van der Waals surface area contributed by atoms with Gasteiger partial charge in [-0.1, -0.05) is 60.7 Å². The van der Waals surface area contributed by atoms with E-state index in [0.29, 0.717) is 16.6 Å². The number of aromatic nitrogens is 1. The highest BCUT2D eigenvalue weighted by Crippen LogP contribution is 2.37. The predicted octanol–water partition coefficient (Wildman–Crippen LogP) is 6.75. The molecule has 1 aromatic heterocycles. The molecule has 3 aromatic carbocycles. The van der Waals surface area contributed by atoms with Gasteiger partial charge in [-0.05, 0) is 59.0 Å². The minimum Gasteiger partial charge on any atom is -0.479 e. The Morgan fingerprint density at radius 3 is 2.49 bits per heavy atom. The normalized spacial score (nSPS) is 15.6. The van der Waals surface area contributed by atoms with Gasteiger partial charge < -0.3 is 9.84 Å². The SMILES string of the molecule is CC(OC1c2ccccc2C=Cc2ccc(C=Cc3ccc4cc(F)c(F)cc4n3)cc21)C(=O)O. The molecule has 174 valence electrons. The van der Waals surface area contributed by atoms with Gasteiger partial charge in [0.05, 0.1) is 11.2 Å². The Labute approximate surface area is 200 Å². The highest BCUT2D eigenvalue weighted by molar-refractivity contribution is 5.82. The van der Waals surface area contributed by atoms with Crippen molar-refractivity contribution in [3.05, 3.63) is 112 Å². The van der Waals surface area contributed by atoms with Crippen LogP contribution in [0.1, 0.15) is 46.5 Å². The molecule has 5 rings (SSSR count). The van der Waals surface area contributed by atoms with Crippen molar-refractivity contribution in [2.24, 2.45) is 0 Å². The molecule has 2 unspecified atom stereocenters. The zero-order valence-electron chi connectivity index (χ0n) is 18.8. The summed E-state index contributed by atoms with van der Waals surface area (Å²) in [5, 5.41) is 9.97. The first kappa shape index (κ1) is 22.6. The molecule has 1 heterocycles. The van der Waals surface area contributed by atoms with Crippen molar-refractivity contribution in [1.29, 1.82) is 0 Å². The summed E-state index contributed by atoms with van der Waals surface area (Å²) >= 11 is 0. The third-order valence-electron chi connectivity index (χ3n) is 6.00. The van der Waals surface area contributed by atoms with Gasteiger partial charge in [0.1, 0.15) is 6.10 Å². The molecule has 0 saturated carbocycles. The van der Waals surface area contributed by atoms with Crippen LogP contribution in [0.4, 0.5) is 8.78 Å². The number of halogens is 2. The fourth-order valence-electron chi connectivity index (χ4n) is 4.14. The zero-order chi connectivity index (χ0) is 24.5. The van der Waals surface area contributed by atoms with Crippen LogP contribution >= 0.6 is 0 Å². The minimum atomic E-state index is -1.03. The standard InChI is InChI=1S/C29H21F2NO3/c1-17(29(33)34)35-28-23-5-3-2-4-19(23)9-10-20-8-6-18(14-24(20)28)7-12-22-13-11-21-15-25(30)26(31)16-27(21)32-22/h2-17,28H,1H3,(H,33,34). The maximum atomic E-state index is 13.6. The van der Waals surface area contributed by atoms with Crippen LogP contribution in [0.2, 0.25) is 0 Å². The van der Waals surface area contributed by atoms with Crippen molar-refractivity contribution in [1.82, 2.24) is 4.98 Å².